The number of nitrogens with zero attached hydrogens (tertiary/aromatic N) is 2. The number of hydrogen-bond acceptors (Lipinski definition) is 3. The van der Waals surface area contributed by atoms with E-state index in [1.54, 1.807) is 0 Å². The first kappa shape index (κ1) is 23.8. The van der Waals surface area contributed by atoms with Crippen molar-refractivity contribution in [1.82, 2.24) is 4.90 Å². The monoisotopic (exact) mass is 435 g/mol. The van der Waals surface area contributed by atoms with Crippen molar-refractivity contribution in [3.05, 3.63) is 59.2 Å². The Morgan fingerprint density at radius 1 is 0.938 bits per heavy atom. The Kier molecular flexibility index (Phi) is 8.72. The van der Waals surface area contributed by atoms with Crippen LogP contribution in [0.15, 0.2) is 42.5 Å². The molecule has 1 heterocycles. The SMILES string of the molecule is CCCCCCc1ccc(C(=O)Nc2ccc(N(C)C)c(C(=O)N3CCCCC3)c2)cc1. The van der Waals surface area contributed by atoms with Crippen LogP contribution in [-0.4, -0.2) is 43.9 Å². The van der Waals surface area contributed by atoms with E-state index in [0.717, 1.165) is 38.0 Å². The third kappa shape index (κ3) is 6.35. The molecule has 1 aliphatic heterocycles. The predicted molar refractivity (Wildman–Crippen MR) is 133 cm³/mol. The van der Waals surface area contributed by atoms with E-state index in [2.05, 4.69) is 12.2 Å². The normalized spacial score (nSPS) is 13.7. The molecule has 0 spiro atoms. The Morgan fingerprint density at radius 3 is 2.31 bits per heavy atom. The molecule has 1 aliphatic rings. The third-order valence-corrected chi connectivity index (χ3v) is 6.15. The summed E-state index contributed by atoms with van der Waals surface area (Å²) in [6, 6.07) is 13.4. The van der Waals surface area contributed by atoms with Gasteiger partial charge in [0.2, 0.25) is 0 Å². The fourth-order valence-corrected chi connectivity index (χ4v) is 4.22. The number of hydrogen-bond donors (Lipinski definition) is 1. The molecule has 32 heavy (non-hydrogen) atoms. The van der Waals surface area contributed by atoms with Gasteiger partial charge >= 0.3 is 0 Å². The maximum atomic E-state index is 13.2. The molecule has 0 bridgehead atoms. The minimum absolute atomic E-state index is 0.0388. The molecule has 2 aromatic rings. The van der Waals surface area contributed by atoms with Gasteiger partial charge in [0.05, 0.1) is 5.56 Å². The minimum Gasteiger partial charge on any atom is -0.377 e. The van der Waals surface area contributed by atoms with E-state index in [1.165, 1.54) is 37.7 Å². The fourth-order valence-electron chi connectivity index (χ4n) is 4.22. The van der Waals surface area contributed by atoms with Gasteiger partial charge < -0.3 is 15.1 Å². The Balaban J connectivity index is 1.69. The average Bonchev–Trinajstić information content (AvgIpc) is 2.82. The molecule has 1 saturated heterocycles. The lowest BCUT2D eigenvalue weighted by atomic mass is 10.0. The zero-order valence-corrected chi connectivity index (χ0v) is 19.8. The first-order valence-electron chi connectivity index (χ1n) is 12.0. The van der Waals surface area contributed by atoms with Crippen molar-refractivity contribution in [2.24, 2.45) is 0 Å². The lowest BCUT2D eigenvalue weighted by molar-refractivity contribution is 0.0724. The van der Waals surface area contributed by atoms with Gasteiger partial charge in [0.25, 0.3) is 11.8 Å². The first-order valence-corrected chi connectivity index (χ1v) is 12.0. The Bertz CT molecular complexity index is 900. The first-order chi connectivity index (χ1) is 15.5. The standard InChI is InChI=1S/C27H37N3O2/c1-4-5-6-8-11-21-12-14-22(15-13-21)26(31)28-23-16-17-25(29(2)3)24(20-23)27(32)30-18-9-7-10-19-30/h12-17,20H,4-11,18-19H2,1-3H3,(H,28,31). The molecular formula is C27H37N3O2. The summed E-state index contributed by atoms with van der Waals surface area (Å²) in [4.78, 5) is 29.9. The summed E-state index contributed by atoms with van der Waals surface area (Å²) in [7, 11) is 3.87. The van der Waals surface area contributed by atoms with Gasteiger partial charge in [-0.1, -0.05) is 38.3 Å². The highest BCUT2D eigenvalue weighted by Gasteiger charge is 2.22. The molecule has 5 heteroatoms. The van der Waals surface area contributed by atoms with Crippen LogP contribution >= 0.6 is 0 Å². The largest absolute Gasteiger partial charge is 0.377 e. The number of rotatable bonds is 9. The van der Waals surface area contributed by atoms with Crippen LogP contribution in [0.2, 0.25) is 0 Å². The van der Waals surface area contributed by atoms with Gasteiger partial charge in [0.15, 0.2) is 0 Å². The summed E-state index contributed by atoms with van der Waals surface area (Å²) in [5.74, 6) is -0.117. The topological polar surface area (TPSA) is 52.7 Å². The maximum absolute atomic E-state index is 13.2. The van der Waals surface area contributed by atoms with Gasteiger partial charge in [0.1, 0.15) is 0 Å². The van der Waals surface area contributed by atoms with Crippen molar-refractivity contribution in [2.45, 2.75) is 58.3 Å². The van der Waals surface area contributed by atoms with E-state index < -0.39 is 0 Å². The summed E-state index contributed by atoms with van der Waals surface area (Å²) in [5, 5.41) is 2.97. The van der Waals surface area contributed by atoms with Crippen LogP contribution in [0.1, 0.15) is 78.1 Å². The van der Waals surface area contributed by atoms with Crippen LogP contribution in [0.4, 0.5) is 11.4 Å². The molecule has 0 unspecified atom stereocenters. The second-order valence-electron chi connectivity index (χ2n) is 8.94. The van der Waals surface area contributed by atoms with Gasteiger partial charge in [-0.2, -0.15) is 0 Å². The summed E-state index contributed by atoms with van der Waals surface area (Å²) in [5.41, 5.74) is 4.04. The van der Waals surface area contributed by atoms with Gasteiger partial charge in [-0.15, -0.1) is 0 Å². The van der Waals surface area contributed by atoms with Crippen LogP contribution in [0.5, 0.6) is 0 Å². The number of nitrogens with one attached hydrogen (secondary N) is 1. The number of piperidine rings is 1. The van der Waals surface area contributed by atoms with Gasteiger partial charge in [-0.05, 0) is 68.0 Å². The molecule has 172 valence electrons. The Labute approximate surface area is 192 Å². The van der Waals surface area contributed by atoms with Crippen molar-refractivity contribution in [2.75, 3.05) is 37.4 Å². The smallest absolute Gasteiger partial charge is 0.256 e. The Morgan fingerprint density at radius 2 is 1.66 bits per heavy atom. The zero-order chi connectivity index (χ0) is 22.9. The quantitative estimate of drug-likeness (QED) is 0.510. The van der Waals surface area contributed by atoms with E-state index >= 15 is 0 Å². The molecule has 2 aromatic carbocycles. The molecule has 0 radical (unpaired) electrons. The van der Waals surface area contributed by atoms with Crippen molar-refractivity contribution >= 4 is 23.2 Å². The van der Waals surface area contributed by atoms with Gasteiger partial charge in [-0.3, -0.25) is 9.59 Å². The zero-order valence-electron chi connectivity index (χ0n) is 19.8. The molecule has 2 amide bonds. The molecule has 5 nitrogen and oxygen atoms in total. The van der Waals surface area contributed by atoms with Gasteiger partial charge in [0, 0.05) is 44.1 Å². The number of carbonyl (C=O) groups is 2. The molecule has 0 saturated carbocycles. The average molecular weight is 436 g/mol. The summed E-state index contributed by atoms with van der Waals surface area (Å²) >= 11 is 0. The number of aryl methyl sites for hydroxylation is 1. The number of unbranched alkanes of at least 4 members (excludes halogenated alkanes) is 3. The van der Waals surface area contributed by atoms with Crippen LogP contribution in [0, 0.1) is 0 Å². The highest BCUT2D eigenvalue weighted by Crippen LogP contribution is 2.26. The molecular weight excluding hydrogens is 398 g/mol. The Hall–Kier alpha value is -2.82. The van der Waals surface area contributed by atoms with Crippen LogP contribution < -0.4 is 10.2 Å². The maximum Gasteiger partial charge on any atom is 0.256 e. The van der Waals surface area contributed by atoms with Crippen molar-refractivity contribution < 1.29 is 9.59 Å². The molecule has 0 atom stereocenters. The summed E-state index contributed by atoms with van der Waals surface area (Å²) in [6.07, 6.45) is 9.27. The van der Waals surface area contributed by atoms with Crippen LogP contribution in [-0.2, 0) is 6.42 Å². The molecule has 1 fully saturated rings. The van der Waals surface area contributed by atoms with E-state index in [0.29, 0.717) is 16.8 Å². The highest BCUT2D eigenvalue weighted by molar-refractivity contribution is 6.06. The number of carbonyl (C=O) groups excluding carboxylic acids is 2. The number of amides is 2. The number of anilines is 2. The van der Waals surface area contributed by atoms with Gasteiger partial charge in [-0.25, -0.2) is 0 Å². The summed E-state index contributed by atoms with van der Waals surface area (Å²) in [6.45, 7) is 3.81. The van der Waals surface area contributed by atoms with Crippen LogP contribution in [0.3, 0.4) is 0 Å². The van der Waals surface area contributed by atoms with Crippen molar-refractivity contribution in [3.63, 3.8) is 0 Å². The fraction of sp³-hybridized carbons (Fsp3) is 0.481. The van der Waals surface area contributed by atoms with Crippen LogP contribution in [0.25, 0.3) is 0 Å². The molecule has 0 aliphatic carbocycles. The lowest BCUT2D eigenvalue weighted by Gasteiger charge is -2.28. The van der Waals surface area contributed by atoms with Crippen molar-refractivity contribution in [3.8, 4) is 0 Å². The third-order valence-electron chi connectivity index (χ3n) is 6.15. The molecule has 3 rings (SSSR count). The van der Waals surface area contributed by atoms with E-state index in [-0.39, 0.29) is 11.8 Å². The van der Waals surface area contributed by atoms with E-state index in [1.807, 2.05) is 66.4 Å². The highest BCUT2D eigenvalue weighted by atomic mass is 16.2. The predicted octanol–water partition coefficient (Wildman–Crippen LogP) is 5.75. The molecule has 1 N–H and O–H groups in total. The number of benzene rings is 2. The molecule has 0 aromatic heterocycles. The summed E-state index contributed by atoms with van der Waals surface area (Å²) < 4.78 is 0. The van der Waals surface area contributed by atoms with E-state index in [9.17, 15) is 9.59 Å². The second-order valence-corrected chi connectivity index (χ2v) is 8.94. The van der Waals surface area contributed by atoms with E-state index in [4.69, 9.17) is 0 Å². The second kappa shape index (κ2) is 11.7. The minimum atomic E-state index is -0.156. The lowest BCUT2D eigenvalue weighted by Crippen LogP contribution is -2.36. The number of likely N-dealkylation sites (tertiary alicyclic amines) is 1. The van der Waals surface area contributed by atoms with Crippen molar-refractivity contribution in [1.29, 1.82) is 0 Å².